The number of fused-ring (bicyclic) bond motifs is 1. The molecule has 10 heteroatoms. The van der Waals surface area contributed by atoms with Crippen LogP contribution in [0.25, 0.3) is 16.7 Å². The van der Waals surface area contributed by atoms with Gasteiger partial charge in [0.05, 0.1) is 37.5 Å². The lowest BCUT2D eigenvalue weighted by molar-refractivity contribution is -0.113. The number of amides is 1. The van der Waals surface area contributed by atoms with E-state index < -0.39 is 0 Å². The molecule has 0 bridgehead atoms. The number of para-hydroxylation sites is 1. The number of anilines is 1. The molecule has 0 radical (unpaired) electrons. The normalized spacial score (nSPS) is 10.8. The summed E-state index contributed by atoms with van der Waals surface area (Å²) >= 11 is 1.15. The van der Waals surface area contributed by atoms with Gasteiger partial charge in [-0.3, -0.25) is 19.3 Å². The minimum absolute atomic E-state index is 0.0271. The highest BCUT2D eigenvalue weighted by molar-refractivity contribution is 7.99. The van der Waals surface area contributed by atoms with E-state index in [1.54, 1.807) is 37.4 Å². The molecule has 4 rings (SSSR count). The van der Waals surface area contributed by atoms with E-state index in [1.165, 1.54) is 17.9 Å². The molecular weight excluding hydrogens is 418 g/mol. The second-order valence-electron chi connectivity index (χ2n) is 6.41. The first-order valence-corrected chi connectivity index (χ1v) is 10.3. The van der Waals surface area contributed by atoms with E-state index in [2.05, 4.69) is 20.5 Å². The summed E-state index contributed by atoms with van der Waals surface area (Å²) < 4.78 is 12.0. The number of hydrogen-bond donors (Lipinski definition) is 2. The number of rotatable bonds is 7. The second-order valence-corrected chi connectivity index (χ2v) is 7.35. The zero-order chi connectivity index (χ0) is 21.8. The highest BCUT2D eigenvalue weighted by atomic mass is 32.2. The van der Waals surface area contributed by atoms with Gasteiger partial charge in [-0.25, -0.2) is 4.98 Å². The van der Waals surface area contributed by atoms with E-state index in [1.807, 2.05) is 18.2 Å². The summed E-state index contributed by atoms with van der Waals surface area (Å²) in [6.07, 6.45) is 1.44. The van der Waals surface area contributed by atoms with Crippen LogP contribution in [0.1, 0.15) is 0 Å². The van der Waals surface area contributed by atoms with Gasteiger partial charge in [0.25, 0.3) is 5.56 Å². The number of carbonyl (C=O) groups excluding carboxylic acids is 1. The van der Waals surface area contributed by atoms with E-state index in [0.717, 1.165) is 11.8 Å². The molecule has 2 N–H and O–H groups in total. The van der Waals surface area contributed by atoms with Gasteiger partial charge in [-0.15, -0.1) is 0 Å². The molecule has 2 aromatic carbocycles. The van der Waals surface area contributed by atoms with Crippen molar-refractivity contribution in [1.82, 2.24) is 19.7 Å². The molecule has 0 spiro atoms. The molecular formula is C21H19N5O4S. The number of nitrogens with zero attached hydrogens (tertiary/aromatic N) is 3. The van der Waals surface area contributed by atoms with Crippen LogP contribution in [-0.4, -0.2) is 45.6 Å². The number of aromatic amines is 1. The summed E-state index contributed by atoms with van der Waals surface area (Å²) in [5, 5.41) is 10.2. The first-order chi connectivity index (χ1) is 15.1. The van der Waals surface area contributed by atoms with E-state index >= 15 is 0 Å². The summed E-state index contributed by atoms with van der Waals surface area (Å²) in [5.74, 6) is 0.847. The summed E-state index contributed by atoms with van der Waals surface area (Å²) in [7, 11) is 3.07. The Morgan fingerprint density at radius 3 is 2.71 bits per heavy atom. The van der Waals surface area contributed by atoms with Crippen molar-refractivity contribution in [2.24, 2.45) is 0 Å². The Bertz CT molecular complexity index is 1290. The van der Waals surface area contributed by atoms with Gasteiger partial charge in [-0.1, -0.05) is 30.0 Å². The third kappa shape index (κ3) is 4.24. The molecule has 0 unspecified atom stereocenters. The maximum Gasteiger partial charge on any atom is 0.269 e. The average molecular weight is 437 g/mol. The third-order valence-corrected chi connectivity index (χ3v) is 5.42. The molecule has 0 saturated carbocycles. The lowest BCUT2D eigenvalue weighted by atomic mass is 10.2. The van der Waals surface area contributed by atoms with E-state index in [9.17, 15) is 9.59 Å². The molecule has 0 aliphatic carbocycles. The zero-order valence-corrected chi connectivity index (χ0v) is 17.6. The van der Waals surface area contributed by atoms with Gasteiger partial charge in [-0.2, -0.15) is 5.10 Å². The highest BCUT2D eigenvalue weighted by Gasteiger charge is 2.16. The predicted octanol–water partition coefficient (Wildman–Crippen LogP) is 2.86. The quantitative estimate of drug-likeness (QED) is 0.338. The molecule has 158 valence electrons. The fourth-order valence-corrected chi connectivity index (χ4v) is 3.81. The van der Waals surface area contributed by atoms with Crippen LogP contribution in [0.15, 0.2) is 64.7 Å². The molecule has 1 amide bonds. The molecule has 2 aromatic heterocycles. The van der Waals surface area contributed by atoms with Gasteiger partial charge in [0.2, 0.25) is 5.91 Å². The molecule has 9 nitrogen and oxygen atoms in total. The Morgan fingerprint density at radius 1 is 1.16 bits per heavy atom. The second kappa shape index (κ2) is 8.92. The Labute approximate surface area is 181 Å². The molecule has 2 heterocycles. The number of benzene rings is 2. The van der Waals surface area contributed by atoms with Crippen molar-refractivity contribution < 1.29 is 14.3 Å². The van der Waals surface area contributed by atoms with Gasteiger partial charge < -0.3 is 14.8 Å². The van der Waals surface area contributed by atoms with Crippen molar-refractivity contribution in [3.8, 4) is 17.2 Å². The minimum Gasteiger partial charge on any atom is -0.497 e. The number of hydrogen-bond acceptors (Lipinski definition) is 7. The van der Waals surface area contributed by atoms with Gasteiger partial charge in [0, 0.05) is 6.07 Å². The monoisotopic (exact) mass is 437 g/mol. The molecule has 0 aliphatic heterocycles. The minimum atomic E-state index is -0.282. The Kier molecular flexibility index (Phi) is 5.89. The van der Waals surface area contributed by atoms with Gasteiger partial charge in [0.1, 0.15) is 16.9 Å². The molecule has 0 fully saturated rings. The topological polar surface area (TPSA) is 111 Å². The van der Waals surface area contributed by atoms with Crippen LogP contribution < -0.4 is 20.3 Å². The molecule has 0 saturated heterocycles. The van der Waals surface area contributed by atoms with E-state index in [0.29, 0.717) is 39.1 Å². The fraction of sp³-hybridized carbons (Fsp3) is 0.143. The fourth-order valence-electron chi connectivity index (χ4n) is 3.00. The van der Waals surface area contributed by atoms with Crippen molar-refractivity contribution in [1.29, 1.82) is 0 Å². The number of carbonyl (C=O) groups is 1. The Morgan fingerprint density at radius 2 is 1.97 bits per heavy atom. The van der Waals surface area contributed by atoms with Crippen molar-refractivity contribution in [2.45, 2.75) is 5.16 Å². The molecule has 0 aliphatic rings. The lowest BCUT2D eigenvalue weighted by Gasteiger charge is -2.13. The van der Waals surface area contributed by atoms with Gasteiger partial charge in [0.15, 0.2) is 10.8 Å². The van der Waals surface area contributed by atoms with E-state index in [4.69, 9.17) is 9.47 Å². The smallest absolute Gasteiger partial charge is 0.269 e. The number of aromatic nitrogens is 4. The Hall–Kier alpha value is -3.79. The molecule has 4 aromatic rings. The number of ether oxygens (including phenoxy) is 2. The summed E-state index contributed by atoms with van der Waals surface area (Å²) in [5.41, 5.74) is 1.25. The number of thioether (sulfide) groups is 1. The number of methoxy groups -OCH3 is 2. The Balaban J connectivity index is 1.61. The van der Waals surface area contributed by atoms with Gasteiger partial charge >= 0.3 is 0 Å². The van der Waals surface area contributed by atoms with Crippen molar-refractivity contribution >= 4 is 34.4 Å². The standard InChI is InChI=1S/C21H19N5O4S/c1-29-14-8-9-17(30-2)16(10-14)23-18(27)12-31-21-24-19-15(11-22-25-19)20(28)26(21)13-6-4-3-5-7-13/h3-11H,12H2,1-2H3,(H,22,25)(H,23,27). The van der Waals surface area contributed by atoms with Crippen LogP contribution in [0, 0.1) is 0 Å². The summed E-state index contributed by atoms with van der Waals surface area (Å²) in [6, 6.07) is 14.3. The van der Waals surface area contributed by atoms with Crippen LogP contribution in [0.5, 0.6) is 11.5 Å². The van der Waals surface area contributed by atoms with Crippen LogP contribution >= 0.6 is 11.8 Å². The number of nitrogens with one attached hydrogen (secondary N) is 2. The maximum absolute atomic E-state index is 13.0. The third-order valence-electron chi connectivity index (χ3n) is 4.48. The summed E-state index contributed by atoms with van der Waals surface area (Å²) in [4.78, 5) is 30.2. The van der Waals surface area contributed by atoms with Crippen LogP contribution in [0.3, 0.4) is 0 Å². The first-order valence-electron chi connectivity index (χ1n) is 9.27. The molecule has 31 heavy (non-hydrogen) atoms. The lowest BCUT2D eigenvalue weighted by Crippen LogP contribution is -2.22. The largest absolute Gasteiger partial charge is 0.497 e. The van der Waals surface area contributed by atoms with Crippen LogP contribution in [0.4, 0.5) is 5.69 Å². The van der Waals surface area contributed by atoms with Crippen LogP contribution in [0.2, 0.25) is 0 Å². The van der Waals surface area contributed by atoms with Crippen LogP contribution in [-0.2, 0) is 4.79 Å². The van der Waals surface area contributed by atoms with E-state index in [-0.39, 0.29) is 17.2 Å². The van der Waals surface area contributed by atoms with Crippen molar-refractivity contribution in [3.63, 3.8) is 0 Å². The summed E-state index contributed by atoms with van der Waals surface area (Å²) in [6.45, 7) is 0. The average Bonchev–Trinajstić information content (AvgIpc) is 3.27. The molecule has 0 atom stereocenters. The first kappa shape index (κ1) is 20.5. The predicted molar refractivity (Wildman–Crippen MR) is 118 cm³/mol. The highest BCUT2D eigenvalue weighted by Crippen LogP contribution is 2.29. The number of H-pyrrole nitrogens is 1. The zero-order valence-electron chi connectivity index (χ0n) is 16.8. The van der Waals surface area contributed by atoms with Gasteiger partial charge in [-0.05, 0) is 24.3 Å². The van der Waals surface area contributed by atoms with Crippen molar-refractivity contribution in [3.05, 3.63) is 65.1 Å². The maximum atomic E-state index is 13.0. The SMILES string of the molecule is COc1ccc(OC)c(NC(=O)CSc2nc3[nH]ncc3c(=O)n2-c2ccccc2)c1. The van der Waals surface area contributed by atoms with Crippen molar-refractivity contribution in [2.75, 3.05) is 25.3 Å².